The normalized spacial score (nSPS) is 10.7. The van der Waals surface area contributed by atoms with E-state index in [2.05, 4.69) is 6.08 Å². The molecule has 1 heteroatoms. The first-order chi connectivity index (χ1) is 8.83. The van der Waals surface area contributed by atoms with Gasteiger partial charge in [-0.3, -0.25) is 4.79 Å². The lowest BCUT2D eigenvalue weighted by Crippen LogP contribution is -2.04. The molecule has 0 bridgehead atoms. The summed E-state index contributed by atoms with van der Waals surface area (Å²) in [4.78, 5) is 12.4. The lowest BCUT2D eigenvalue weighted by atomic mass is 9.96. The van der Waals surface area contributed by atoms with Gasteiger partial charge in [-0.05, 0) is 18.9 Å². The summed E-state index contributed by atoms with van der Waals surface area (Å²) < 4.78 is 0. The van der Waals surface area contributed by atoms with Crippen molar-refractivity contribution in [1.29, 1.82) is 0 Å². The predicted octanol–water partition coefficient (Wildman–Crippen LogP) is 4.04. The van der Waals surface area contributed by atoms with Crippen LogP contribution in [0.5, 0.6) is 0 Å². The molecular weight excluding hydrogens is 220 g/mol. The molecule has 18 heavy (non-hydrogen) atoms. The Hall–Kier alpha value is -2.15. The number of hydrogen-bond donors (Lipinski definition) is 0. The fraction of sp³-hybridized carbons (Fsp3) is 0.118. The van der Waals surface area contributed by atoms with Crippen molar-refractivity contribution in [2.45, 2.75) is 13.3 Å². The van der Waals surface area contributed by atoms with E-state index in [0.717, 1.165) is 23.1 Å². The Morgan fingerprint density at radius 2 is 1.67 bits per heavy atom. The largest absolute Gasteiger partial charge is 0.289 e. The number of allylic oxidation sites excluding steroid dienone is 2. The van der Waals surface area contributed by atoms with E-state index in [1.165, 1.54) is 0 Å². The minimum Gasteiger partial charge on any atom is -0.289 e. The van der Waals surface area contributed by atoms with Gasteiger partial charge in [-0.15, -0.1) is 0 Å². The van der Waals surface area contributed by atoms with Gasteiger partial charge in [0.05, 0.1) is 0 Å². The molecule has 0 aliphatic heterocycles. The lowest BCUT2D eigenvalue weighted by Gasteiger charge is -2.06. The van der Waals surface area contributed by atoms with Gasteiger partial charge in [-0.1, -0.05) is 66.7 Å². The maximum Gasteiger partial charge on any atom is 0.193 e. The van der Waals surface area contributed by atoms with E-state index in [0.29, 0.717) is 0 Å². The maximum absolute atomic E-state index is 12.4. The Morgan fingerprint density at radius 3 is 2.39 bits per heavy atom. The van der Waals surface area contributed by atoms with Crippen molar-refractivity contribution in [2.75, 3.05) is 0 Å². The molecule has 0 fully saturated rings. The highest BCUT2D eigenvalue weighted by atomic mass is 16.1. The van der Waals surface area contributed by atoms with Crippen molar-refractivity contribution in [3.05, 3.63) is 83.4 Å². The third-order valence-electron chi connectivity index (χ3n) is 2.87. The predicted molar refractivity (Wildman–Crippen MR) is 74.8 cm³/mol. The highest BCUT2D eigenvalue weighted by molar-refractivity contribution is 6.09. The summed E-state index contributed by atoms with van der Waals surface area (Å²) in [7, 11) is 0. The quantitative estimate of drug-likeness (QED) is 0.578. The Morgan fingerprint density at radius 1 is 1.00 bits per heavy atom. The molecule has 0 N–H and O–H groups in total. The van der Waals surface area contributed by atoms with Gasteiger partial charge in [-0.2, -0.15) is 0 Å². The minimum absolute atomic E-state index is 0.0932. The van der Waals surface area contributed by atoms with Crippen LogP contribution in [0, 0.1) is 0 Å². The SMILES string of the molecule is CC=CCc1ccccc1C(=O)c1ccccc1. The molecule has 0 unspecified atom stereocenters. The molecular formula is C17H16O. The molecule has 0 aromatic heterocycles. The molecule has 0 aliphatic carbocycles. The molecule has 90 valence electrons. The first-order valence-corrected chi connectivity index (χ1v) is 6.11. The summed E-state index contributed by atoms with van der Waals surface area (Å²) in [5.74, 6) is 0.0932. The van der Waals surface area contributed by atoms with Gasteiger partial charge >= 0.3 is 0 Å². The number of hydrogen-bond acceptors (Lipinski definition) is 1. The first-order valence-electron chi connectivity index (χ1n) is 6.11. The van der Waals surface area contributed by atoms with Crippen molar-refractivity contribution in [3.63, 3.8) is 0 Å². The van der Waals surface area contributed by atoms with E-state index >= 15 is 0 Å². The average molecular weight is 236 g/mol. The Kier molecular flexibility index (Phi) is 4.08. The zero-order valence-electron chi connectivity index (χ0n) is 10.5. The number of carbonyl (C=O) groups is 1. The van der Waals surface area contributed by atoms with Crippen molar-refractivity contribution in [3.8, 4) is 0 Å². The molecule has 0 spiro atoms. The smallest absolute Gasteiger partial charge is 0.193 e. The molecule has 2 aromatic rings. The standard InChI is InChI=1S/C17H16O/c1-2-3-9-14-10-7-8-13-16(14)17(18)15-11-5-4-6-12-15/h2-8,10-13H,9H2,1H3. The number of rotatable bonds is 4. The van der Waals surface area contributed by atoms with Crippen LogP contribution in [0.25, 0.3) is 0 Å². The van der Waals surface area contributed by atoms with Crippen LogP contribution in [0.4, 0.5) is 0 Å². The second-order valence-electron chi connectivity index (χ2n) is 4.13. The molecule has 0 saturated heterocycles. The molecule has 0 atom stereocenters. The van der Waals surface area contributed by atoms with Gasteiger partial charge < -0.3 is 0 Å². The molecule has 0 heterocycles. The highest BCUT2D eigenvalue weighted by Crippen LogP contribution is 2.15. The molecule has 0 radical (unpaired) electrons. The van der Waals surface area contributed by atoms with Crippen LogP contribution >= 0.6 is 0 Å². The van der Waals surface area contributed by atoms with Gasteiger partial charge in [0.15, 0.2) is 5.78 Å². The number of ketones is 1. The summed E-state index contributed by atoms with van der Waals surface area (Å²) in [6.45, 7) is 1.99. The van der Waals surface area contributed by atoms with Crippen molar-refractivity contribution in [2.24, 2.45) is 0 Å². The summed E-state index contributed by atoms with van der Waals surface area (Å²) in [6.07, 6.45) is 4.87. The van der Waals surface area contributed by atoms with E-state index in [1.54, 1.807) is 0 Å². The summed E-state index contributed by atoms with van der Waals surface area (Å²) in [5.41, 5.74) is 2.61. The minimum atomic E-state index is 0.0932. The van der Waals surface area contributed by atoms with E-state index in [9.17, 15) is 4.79 Å². The molecule has 0 aliphatic rings. The van der Waals surface area contributed by atoms with Crippen LogP contribution in [0.3, 0.4) is 0 Å². The van der Waals surface area contributed by atoms with Gasteiger partial charge in [0.2, 0.25) is 0 Å². The molecule has 1 nitrogen and oxygen atoms in total. The number of carbonyl (C=O) groups excluding carboxylic acids is 1. The Bertz CT molecular complexity index is 553. The summed E-state index contributed by atoms with van der Waals surface area (Å²) in [6, 6.07) is 17.2. The van der Waals surface area contributed by atoms with Gasteiger partial charge in [0.25, 0.3) is 0 Å². The fourth-order valence-electron chi connectivity index (χ4n) is 1.91. The third-order valence-corrected chi connectivity index (χ3v) is 2.87. The second-order valence-corrected chi connectivity index (χ2v) is 4.13. The monoisotopic (exact) mass is 236 g/mol. The zero-order chi connectivity index (χ0) is 12.8. The Balaban J connectivity index is 2.36. The van der Waals surface area contributed by atoms with Gasteiger partial charge in [0, 0.05) is 11.1 Å². The number of benzene rings is 2. The van der Waals surface area contributed by atoms with E-state index in [-0.39, 0.29) is 5.78 Å². The second kappa shape index (κ2) is 5.97. The Labute approximate surface area is 108 Å². The van der Waals surface area contributed by atoms with Crippen LogP contribution in [0.15, 0.2) is 66.7 Å². The van der Waals surface area contributed by atoms with E-state index in [1.807, 2.05) is 67.6 Å². The van der Waals surface area contributed by atoms with Gasteiger partial charge in [-0.25, -0.2) is 0 Å². The third kappa shape index (κ3) is 2.75. The van der Waals surface area contributed by atoms with Crippen LogP contribution in [-0.4, -0.2) is 5.78 Å². The molecule has 2 rings (SSSR count). The summed E-state index contributed by atoms with van der Waals surface area (Å²) in [5, 5.41) is 0. The maximum atomic E-state index is 12.4. The van der Waals surface area contributed by atoms with Crippen molar-refractivity contribution >= 4 is 5.78 Å². The summed E-state index contributed by atoms with van der Waals surface area (Å²) >= 11 is 0. The molecule has 0 amide bonds. The zero-order valence-corrected chi connectivity index (χ0v) is 10.5. The van der Waals surface area contributed by atoms with Crippen molar-refractivity contribution < 1.29 is 4.79 Å². The average Bonchev–Trinajstić information content (AvgIpc) is 2.45. The highest BCUT2D eigenvalue weighted by Gasteiger charge is 2.11. The first kappa shape index (κ1) is 12.3. The van der Waals surface area contributed by atoms with Crippen LogP contribution in [-0.2, 0) is 6.42 Å². The lowest BCUT2D eigenvalue weighted by molar-refractivity contribution is 0.103. The molecule has 0 saturated carbocycles. The van der Waals surface area contributed by atoms with Gasteiger partial charge in [0.1, 0.15) is 0 Å². The molecule has 2 aromatic carbocycles. The fourth-order valence-corrected chi connectivity index (χ4v) is 1.91. The van der Waals surface area contributed by atoms with Crippen molar-refractivity contribution in [1.82, 2.24) is 0 Å². The topological polar surface area (TPSA) is 17.1 Å². The van der Waals surface area contributed by atoms with E-state index < -0.39 is 0 Å². The van der Waals surface area contributed by atoms with Crippen LogP contribution < -0.4 is 0 Å². The van der Waals surface area contributed by atoms with E-state index in [4.69, 9.17) is 0 Å². The van der Waals surface area contributed by atoms with Crippen LogP contribution in [0.2, 0.25) is 0 Å². The van der Waals surface area contributed by atoms with Crippen LogP contribution in [0.1, 0.15) is 28.4 Å².